The second-order valence-corrected chi connectivity index (χ2v) is 5.29. The zero-order valence-corrected chi connectivity index (χ0v) is 11.2. The van der Waals surface area contributed by atoms with Crippen molar-refractivity contribution in [3.05, 3.63) is 63.0 Å². The number of nitrogens with zero attached hydrogens (tertiary/aromatic N) is 2. The summed E-state index contributed by atoms with van der Waals surface area (Å²) >= 11 is 1.40. The Hall–Kier alpha value is -2.47. The molecule has 2 heterocycles. The van der Waals surface area contributed by atoms with Gasteiger partial charge in [0.15, 0.2) is 5.78 Å². The fourth-order valence-electron chi connectivity index (χ4n) is 2.09. The van der Waals surface area contributed by atoms with Gasteiger partial charge in [0.1, 0.15) is 0 Å². The van der Waals surface area contributed by atoms with E-state index in [-0.39, 0.29) is 18.0 Å². The molecule has 3 aromatic rings. The minimum atomic E-state index is -0.433. The van der Waals surface area contributed by atoms with Crippen molar-refractivity contribution < 1.29 is 9.72 Å². The molecule has 6 heteroatoms. The monoisotopic (exact) mass is 286 g/mol. The van der Waals surface area contributed by atoms with E-state index >= 15 is 0 Å². The van der Waals surface area contributed by atoms with Crippen LogP contribution in [0.15, 0.2) is 48.0 Å². The van der Waals surface area contributed by atoms with Gasteiger partial charge in [0, 0.05) is 23.7 Å². The lowest BCUT2D eigenvalue weighted by Crippen LogP contribution is -2.07. The molecule has 0 aliphatic rings. The molecule has 3 rings (SSSR count). The molecular formula is C14H10N2O3S. The van der Waals surface area contributed by atoms with Crippen molar-refractivity contribution in [2.75, 3.05) is 0 Å². The smallest absolute Gasteiger partial charge is 0.271 e. The highest BCUT2D eigenvalue weighted by Gasteiger charge is 2.12. The first-order valence-electron chi connectivity index (χ1n) is 5.95. The van der Waals surface area contributed by atoms with Crippen LogP contribution in [0.5, 0.6) is 0 Å². The lowest BCUT2D eigenvalue weighted by atomic mass is 10.2. The van der Waals surface area contributed by atoms with Crippen LogP contribution in [0, 0.1) is 10.1 Å². The van der Waals surface area contributed by atoms with Gasteiger partial charge < -0.3 is 4.57 Å². The Labute approximate surface area is 118 Å². The number of fused-ring (bicyclic) bond motifs is 1. The molecule has 0 atom stereocenters. The molecule has 100 valence electrons. The lowest BCUT2D eigenvalue weighted by Gasteiger charge is -2.03. The molecule has 0 aliphatic carbocycles. The number of ketones is 1. The first-order chi connectivity index (χ1) is 9.65. The van der Waals surface area contributed by atoms with Crippen molar-refractivity contribution in [2.24, 2.45) is 0 Å². The van der Waals surface area contributed by atoms with Crippen LogP contribution in [0.4, 0.5) is 5.69 Å². The minimum Gasteiger partial charge on any atom is -0.339 e. The molecular weight excluding hydrogens is 276 g/mol. The molecule has 20 heavy (non-hydrogen) atoms. The van der Waals surface area contributed by atoms with E-state index in [1.54, 1.807) is 22.9 Å². The van der Waals surface area contributed by atoms with Crippen LogP contribution in [-0.4, -0.2) is 15.3 Å². The standard InChI is InChI=1S/C14H10N2O3S/c17-13(14-2-1-7-20-14)9-15-6-5-10-3-4-11(16(18)19)8-12(10)15/h1-8H,9H2. The van der Waals surface area contributed by atoms with E-state index in [0.29, 0.717) is 10.4 Å². The third-order valence-corrected chi connectivity index (χ3v) is 3.99. The Morgan fingerprint density at radius 2 is 2.15 bits per heavy atom. The Bertz CT molecular complexity index is 790. The second kappa shape index (κ2) is 4.90. The molecule has 5 nitrogen and oxygen atoms in total. The number of aromatic nitrogens is 1. The average molecular weight is 286 g/mol. The number of thiophene rings is 1. The van der Waals surface area contributed by atoms with Gasteiger partial charge in [-0.05, 0) is 23.6 Å². The molecule has 0 saturated carbocycles. The fraction of sp³-hybridized carbons (Fsp3) is 0.0714. The lowest BCUT2D eigenvalue weighted by molar-refractivity contribution is -0.384. The highest BCUT2D eigenvalue weighted by molar-refractivity contribution is 7.12. The maximum absolute atomic E-state index is 12.1. The van der Waals surface area contributed by atoms with E-state index < -0.39 is 4.92 Å². The largest absolute Gasteiger partial charge is 0.339 e. The number of carbonyl (C=O) groups excluding carboxylic acids is 1. The van der Waals surface area contributed by atoms with E-state index in [4.69, 9.17) is 0 Å². The van der Waals surface area contributed by atoms with Gasteiger partial charge in [-0.15, -0.1) is 11.3 Å². The van der Waals surface area contributed by atoms with Crippen molar-refractivity contribution in [2.45, 2.75) is 6.54 Å². The number of hydrogen-bond donors (Lipinski definition) is 0. The molecule has 0 spiro atoms. The van der Waals surface area contributed by atoms with Gasteiger partial charge in [-0.3, -0.25) is 14.9 Å². The number of Topliss-reactive ketones (excluding diaryl/α,β-unsaturated/α-hetero) is 1. The van der Waals surface area contributed by atoms with E-state index in [9.17, 15) is 14.9 Å². The fourth-order valence-corrected chi connectivity index (χ4v) is 2.75. The third kappa shape index (κ3) is 2.21. The van der Waals surface area contributed by atoms with E-state index in [1.165, 1.54) is 23.5 Å². The maximum atomic E-state index is 12.1. The van der Waals surface area contributed by atoms with Crippen molar-refractivity contribution >= 4 is 33.7 Å². The summed E-state index contributed by atoms with van der Waals surface area (Å²) in [6, 6.07) is 10.1. The highest BCUT2D eigenvalue weighted by atomic mass is 32.1. The normalized spacial score (nSPS) is 10.8. The second-order valence-electron chi connectivity index (χ2n) is 4.34. The predicted octanol–water partition coefficient (Wildman–Crippen LogP) is 3.49. The van der Waals surface area contributed by atoms with Crippen LogP contribution in [0.1, 0.15) is 9.67 Å². The van der Waals surface area contributed by atoms with Crippen LogP contribution in [0.25, 0.3) is 10.9 Å². The van der Waals surface area contributed by atoms with Crippen molar-refractivity contribution in [3.63, 3.8) is 0 Å². The summed E-state index contributed by atoms with van der Waals surface area (Å²) < 4.78 is 1.74. The Morgan fingerprint density at radius 1 is 1.30 bits per heavy atom. The van der Waals surface area contributed by atoms with Gasteiger partial charge in [-0.2, -0.15) is 0 Å². The van der Waals surface area contributed by atoms with E-state index in [0.717, 1.165) is 5.39 Å². The van der Waals surface area contributed by atoms with Crippen LogP contribution in [0.3, 0.4) is 0 Å². The van der Waals surface area contributed by atoms with E-state index in [1.807, 2.05) is 17.5 Å². The summed E-state index contributed by atoms with van der Waals surface area (Å²) in [6.45, 7) is 0.186. The van der Waals surface area contributed by atoms with Gasteiger partial charge in [0.2, 0.25) is 0 Å². The molecule has 0 bridgehead atoms. The Balaban J connectivity index is 1.97. The van der Waals surface area contributed by atoms with Gasteiger partial charge in [-0.25, -0.2) is 0 Å². The zero-order valence-electron chi connectivity index (χ0n) is 10.4. The molecule has 0 aliphatic heterocycles. The number of rotatable bonds is 4. The number of hydrogen-bond acceptors (Lipinski definition) is 4. The van der Waals surface area contributed by atoms with Crippen LogP contribution in [0.2, 0.25) is 0 Å². The molecule has 0 fully saturated rings. The number of carbonyl (C=O) groups is 1. The van der Waals surface area contributed by atoms with E-state index in [2.05, 4.69) is 0 Å². The third-order valence-electron chi connectivity index (χ3n) is 3.08. The van der Waals surface area contributed by atoms with Crippen LogP contribution < -0.4 is 0 Å². The topological polar surface area (TPSA) is 65.1 Å². The summed E-state index contributed by atoms with van der Waals surface area (Å²) in [5, 5.41) is 13.6. The number of non-ortho nitro benzene ring substituents is 1. The van der Waals surface area contributed by atoms with Gasteiger partial charge in [-0.1, -0.05) is 6.07 Å². The first kappa shape index (κ1) is 12.6. The Kier molecular flexibility index (Phi) is 3.08. The summed E-state index contributed by atoms with van der Waals surface area (Å²) in [5.41, 5.74) is 0.727. The summed E-state index contributed by atoms with van der Waals surface area (Å²) in [6.07, 6.45) is 1.78. The molecule has 0 unspecified atom stereocenters. The highest BCUT2D eigenvalue weighted by Crippen LogP contribution is 2.22. The zero-order chi connectivity index (χ0) is 14.1. The molecule has 0 amide bonds. The first-order valence-corrected chi connectivity index (χ1v) is 6.83. The van der Waals surface area contributed by atoms with Crippen molar-refractivity contribution in [1.82, 2.24) is 4.57 Å². The van der Waals surface area contributed by atoms with Gasteiger partial charge >= 0.3 is 0 Å². The number of nitro groups is 1. The van der Waals surface area contributed by atoms with Gasteiger partial charge in [0.05, 0.1) is 21.9 Å². The Morgan fingerprint density at radius 3 is 2.85 bits per heavy atom. The number of benzene rings is 1. The van der Waals surface area contributed by atoms with Crippen LogP contribution in [-0.2, 0) is 6.54 Å². The molecule has 0 N–H and O–H groups in total. The summed E-state index contributed by atoms with van der Waals surface area (Å²) in [5.74, 6) is 0.00371. The van der Waals surface area contributed by atoms with Crippen LogP contribution >= 0.6 is 11.3 Å². The SMILES string of the molecule is O=C(Cn1ccc2ccc([N+](=O)[O-])cc21)c1cccs1. The molecule has 1 aromatic carbocycles. The number of nitro benzene ring substituents is 1. The maximum Gasteiger partial charge on any atom is 0.271 e. The minimum absolute atomic E-state index is 0.00371. The van der Waals surface area contributed by atoms with Gasteiger partial charge in [0.25, 0.3) is 5.69 Å². The molecule has 0 saturated heterocycles. The summed E-state index contributed by atoms with van der Waals surface area (Å²) in [4.78, 5) is 23.2. The molecule has 0 radical (unpaired) electrons. The predicted molar refractivity (Wildman–Crippen MR) is 77.2 cm³/mol. The average Bonchev–Trinajstić information content (AvgIpc) is 3.08. The quantitative estimate of drug-likeness (QED) is 0.419. The van der Waals surface area contributed by atoms with Crippen molar-refractivity contribution in [1.29, 1.82) is 0 Å². The van der Waals surface area contributed by atoms with Crippen molar-refractivity contribution in [3.8, 4) is 0 Å². The summed E-state index contributed by atoms with van der Waals surface area (Å²) in [7, 11) is 0. The molecule has 2 aromatic heterocycles.